The van der Waals surface area contributed by atoms with Crippen molar-refractivity contribution >= 4 is 0 Å². The van der Waals surface area contributed by atoms with Crippen molar-refractivity contribution in [3.63, 3.8) is 0 Å². The summed E-state index contributed by atoms with van der Waals surface area (Å²) in [6.45, 7) is 4.62. The van der Waals surface area contributed by atoms with Gasteiger partial charge in [-0.25, -0.2) is 0 Å². The first-order valence-corrected chi connectivity index (χ1v) is 3.68. The summed E-state index contributed by atoms with van der Waals surface area (Å²) in [6, 6.07) is 0. The molecule has 0 nitrogen and oxygen atoms in total. The predicted octanol–water partition coefficient (Wildman–Crippen LogP) is 2.65. The zero-order valence-corrected chi connectivity index (χ0v) is 5.85. The van der Waals surface area contributed by atoms with Crippen LogP contribution in [0, 0.1) is 18.3 Å². The van der Waals surface area contributed by atoms with Gasteiger partial charge in [-0.1, -0.05) is 26.7 Å². The Morgan fingerprint density at radius 2 is 2.38 bits per heavy atom. The molecule has 1 fully saturated rings. The number of rotatable bonds is 3. The summed E-state index contributed by atoms with van der Waals surface area (Å²) in [5, 5.41) is 0. The first-order chi connectivity index (χ1) is 3.84. The highest BCUT2D eigenvalue weighted by Gasteiger charge is 2.26. The highest BCUT2D eigenvalue weighted by molar-refractivity contribution is 4.97. The molecule has 0 N–H and O–H groups in total. The van der Waals surface area contributed by atoms with Crippen LogP contribution in [0.25, 0.3) is 0 Å². The van der Waals surface area contributed by atoms with E-state index in [1.807, 2.05) is 0 Å². The lowest BCUT2D eigenvalue weighted by Gasteiger charge is -2.04. The average molecular weight is 111 g/mol. The van der Waals surface area contributed by atoms with Gasteiger partial charge in [0, 0.05) is 0 Å². The van der Waals surface area contributed by atoms with Crippen LogP contribution in [-0.2, 0) is 0 Å². The molecule has 1 saturated carbocycles. The highest BCUT2D eigenvalue weighted by atomic mass is 14.3. The Hall–Kier alpha value is 0. The zero-order valence-electron chi connectivity index (χ0n) is 5.85. The molecule has 47 valence electrons. The van der Waals surface area contributed by atoms with Crippen LogP contribution in [0.3, 0.4) is 0 Å². The lowest BCUT2D eigenvalue weighted by molar-refractivity contribution is 0.476. The maximum atomic E-state index is 2.42. The van der Waals surface area contributed by atoms with Crippen molar-refractivity contribution in [3.05, 3.63) is 6.42 Å². The normalized spacial score (nSPS) is 23.2. The second-order valence-corrected chi connectivity index (χ2v) is 2.90. The van der Waals surface area contributed by atoms with Crippen molar-refractivity contribution in [2.75, 3.05) is 0 Å². The van der Waals surface area contributed by atoms with E-state index in [0.717, 1.165) is 11.8 Å². The van der Waals surface area contributed by atoms with Gasteiger partial charge in [-0.15, -0.1) is 0 Å². The Kier molecular flexibility index (Phi) is 1.93. The molecular formula is C8H15. The largest absolute Gasteiger partial charge is 0.0654 e. The van der Waals surface area contributed by atoms with Crippen LogP contribution >= 0.6 is 0 Å². The SMILES string of the molecule is CCCC(C)C1[CH]C1. The molecule has 1 aliphatic rings. The molecule has 1 radical (unpaired) electrons. The highest BCUT2D eigenvalue weighted by Crippen LogP contribution is 2.37. The molecule has 8 heavy (non-hydrogen) atoms. The third-order valence-electron chi connectivity index (χ3n) is 1.98. The monoisotopic (exact) mass is 111 g/mol. The van der Waals surface area contributed by atoms with E-state index in [9.17, 15) is 0 Å². The number of hydrogen-bond acceptors (Lipinski definition) is 0. The Morgan fingerprint density at radius 1 is 1.75 bits per heavy atom. The lowest BCUT2D eigenvalue weighted by Crippen LogP contribution is -1.94. The van der Waals surface area contributed by atoms with E-state index in [1.54, 1.807) is 0 Å². The summed E-state index contributed by atoms with van der Waals surface area (Å²) in [5.41, 5.74) is 0. The van der Waals surface area contributed by atoms with Gasteiger partial charge >= 0.3 is 0 Å². The maximum Gasteiger partial charge on any atom is -0.0349 e. The van der Waals surface area contributed by atoms with Crippen molar-refractivity contribution in [1.29, 1.82) is 0 Å². The van der Waals surface area contributed by atoms with Crippen molar-refractivity contribution in [3.8, 4) is 0 Å². The van der Waals surface area contributed by atoms with Crippen molar-refractivity contribution in [2.45, 2.75) is 33.1 Å². The molecule has 0 aromatic rings. The molecule has 1 aliphatic carbocycles. The standard InChI is InChI=1S/C8H15/c1-3-4-7(2)8-5-6-8/h5,7-8H,3-4,6H2,1-2H3. The minimum atomic E-state index is 0.972. The molecule has 0 aliphatic heterocycles. The van der Waals surface area contributed by atoms with Crippen molar-refractivity contribution < 1.29 is 0 Å². The molecule has 0 heterocycles. The van der Waals surface area contributed by atoms with E-state index in [0.29, 0.717) is 0 Å². The molecule has 0 spiro atoms. The van der Waals surface area contributed by atoms with Gasteiger partial charge in [0.25, 0.3) is 0 Å². The van der Waals surface area contributed by atoms with Crippen LogP contribution in [0.4, 0.5) is 0 Å². The van der Waals surface area contributed by atoms with E-state index >= 15 is 0 Å². The maximum absolute atomic E-state index is 2.42. The summed E-state index contributed by atoms with van der Waals surface area (Å²) < 4.78 is 0. The molecular weight excluding hydrogens is 96.1 g/mol. The van der Waals surface area contributed by atoms with Gasteiger partial charge in [0.05, 0.1) is 0 Å². The van der Waals surface area contributed by atoms with Gasteiger partial charge in [0.2, 0.25) is 0 Å². The molecule has 1 rings (SSSR count). The van der Waals surface area contributed by atoms with Crippen molar-refractivity contribution in [1.82, 2.24) is 0 Å². The predicted molar refractivity (Wildman–Crippen MR) is 36.5 cm³/mol. The van der Waals surface area contributed by atoms with E-state index in [2.05, 4.69) is 20.3 Å². The summed E-state index contributed by atoms with van der Waals surface area (Å²) in [4.78, 5) is 0. The summed E-state index contributed by atoms with van der Waals surface area (Å²) in [5.74, 6) is 1.97. The third-order valence-corrected chi connectivity index (χ3v) is 1.98. The smallest absolute Gasteiger partial charge is 0.0349 e. The van der Waals surface area contributed by atoms with E-state index in [-0.39, 0.29) is 0 Å². The summed E-state index contributed by atoms with van der Waals surface area (Å²) in [7, 11) is 0. The minimum Gasteiger partial charge on any atom is -0.0654 e. The van der Waals surface area contributed by atoms with E-state index in [4.69, 9.17) is 0 Å². The van der Waals surface area contributed by atoms with Gasteiger partial charge in [0.15, 0.2) is 0 Å². The quantitative estimate of drug-likeness (QED) is 0.525. The topological polar surface area (TPSA) is 0 Å². The molecule has 0 saturated heterocycles. The van der Waals surface area contributed by atoms with Crippen molar-refractivity contribution in [2.24, 2.45) is 11.8 Å². The van der Waals surface area contributed by atoms with Gasteiger partial charge in [-0.05, 0) is 24.7 Å². The second-order valence-electron chi connectivity index (χ2n) is 2.90. The Bertz CT molecular complexity index is 62.4. The zero-order chi connectivity index (χ0) is 5.98. The van der Waals surface area contributed by atoms with Crippen LogP contribution < -0.4 is 0 Å². The minimum absolute atomic E-state index is 0.972. The van der Waals surface area contributed by atoms with Gasteiger partial charge in [-0.3, -0.25) is 0 Å². The fraction of sp³-hybridized carbons (Fsp3) is 0.875. The Morgan fingerprint density at radius 3 is 2.75 bits per heavy atom. The van der Waals surface area contributed by atoms with Crippen LogP contribution in [0.1, 0.15) is 33.1 Å². The molecule has 2 unspecified atom stereocenters. The Labute approximate surface area is 52.3 Å². The third kappa shape index (κ3) is 1.50. The molecule has 0 aromatic heterocycles. The fourth-order valence-corrected chi connectivity index (χ4v) is 1.21. The summed E-state index contributed by atoms with van der Waals surface area (Å²) in [6.07, 6.45) is 6.58. The molecule has 0 bridgehead atoms. The molecule has 0 heteroatoms. The summed E-state index contributed by atoms with van der Waals surface area (Å²) >= 11 is 0. The van der Waals surface area contributed by atoms with Gasteiger partial charge < -0.3 is 0 Å². The van der Waals surface area contributed by atoms with E-state index in [1.165, 1.54) is 19.3 Å². The van der Waals surface area contributed by atoms with Crippen LogP contribution in [0.5, 0.6) is 0 Å². The first-order valence-electron chi connectivity index (χ1n) is 3.68. The molecule has 0 amide bonds. The van der Waals surface area contributed by atoms with E-state index < -0.39 is 0 Å². The fourth-order valence-electron chi connectivity index (χ4n) is 1.21. The Balaban J connectivity index is 2.03. The second kappa shape index (κ2) is 2.52. The molecule has 2 atom stereocenters. The number of hydrogen-bond donors (Lipinski definition) is 0. The molecule has 0 aromatic carbocycles. The lowest BCUT2D eigenvalue weighted by atomic mass is 10.0. The van der Waals surface area contributed by atoms with Gasteiger partial charge in [0.1, 0.15) is 0 Å². The average Bonchev–Trinajstić information content (AvgIpc) is 2.45. The first kappa shape index (κ1) is 6.12. The van der Waals surface area contributed by atoms with Crippen LogP contribution in [0.15, 0.2) is 0 Å². The van der Waals surface area contributed by atoms with Gasteiger partial charge in [-0.2, -0.15) is 0 Å². The van der Waals surface area contributed by atoms with Crippen LogP contribution in [-0.4, -0.2) is 0 Å². The van der Waals surface area contributed by atoms with Crippen LogP contribution in [0.2, 0.25) is 0 Å².